The molecular formula is C33H36NOP. The summed E-state index contributed by atoms with van der Waals surface area (Å²) >= 11 is 0. The Labute approximate surface area is 216 Å². The lowest BCUT2D eigenvalue weighted by Gasteiger charge is -2.29. The minimum atomic E-state index is -3.12. The van der Waals surface area contributed by atoms with Crippen LogP contribution in [0, 0.1) is 0 Å². The van der Waals surface area contributed by atoms with E-state index in [1.54, 1.807) is 0 Å². The zero-order valence-corrected chi connectivity index (χ0v) is 22.2. The number of nitrogens with one attached hydrogen (secondary N) is 1. The minimum Gasteiger partial charge on any atom is -0.296 e. The Morgan fingerprint density at radius 2 is 1.19 bits per heavy atom. The largest absolute Gasteiger partial charge is 0.296 e. The molecule has 1 unspecified atom stereocenters. The molecule has 4 rings (SSSR count). The van der Waals surface area contributed by atoms with Crippen molar-refractivity contribution in [2.75, 3.05) is 0 Å². The molecule has 3 heteroatoms. The van der Waals surface area contributed by atoms with Crippen LogP contribution in [-0.2, 0) is 4.57 Å². The fourth-order valence-corrected chi connectivity index (χ4v) is 7.07. The summed E-state index contributed by atoms with van der Waals surface area (Å²) in [6, 6.07) is 38.8. The number of unbranched alkanes of at least 4 members (excludes halogenated alkanes) is 1. The molecule has 0 saturated carbocycles. The second-order valence-electron chi connectivity index (χ2n) is 9.15. The van der Waals surface area contributed by atoms with Crippen LogP contribution in [-0.4, -0.2) is 0 Å². The fraction of sp³-hybridized carbons (Fsp3) is 0.212. The summed E-state index contributed by atoms with van der Waals surface area (Å²) in [5.74, 6) is 0. The van der Waals surface area contributed by atoms with Crippen LogP contribution in [0.5, 0.6) is 0 Å². The average Bonchev–Trinajstić information content (AvgIpc) is 2.95. The van der Waals surface area contributed by atoms with Crippen molar-refractivity contribution in [3.8, 4) is 11.1 Å². The molecule has 0 aliphatic rings. The van der Waals surface area contributed by atoms with E-state index in [0.29, 0.717) is 0 Å². The smallest absolute Gasteiger partial charge is 0.205 e. The Bertz CT molecular complexity index is 1240. The summed E-state index contributed by atoms with van der Waals surface area (Å²) < 4.78 is 14.9. The summed E-state index contributed by atoms with van der Waals surface area (Å²) in [6.07, 6.45) is 6.45. The van der Waals surface area contributed by atoms with Gasteiger partial charge in [0.2, 0.25) is 7.29 Å². The molecule has 0 radical (unpaired) electrons. The van der Waals surface area contributed by atoms with Gasteiger partial charge in [0.1, 0.15) is 0 Å². The number of rotatable bonds is 11. The molecule has 1 atom stereocenters. The summed E-state index contributed by atoms with van der Waals surface area (Å²) in [6.45, 7) is 4.42. The standard InChI is InChI=1S/C33H36NOP/c1-3-5-16-29(15-4-2)33(30-25-23-28(24-26-30)27-17-9-6-10-18-27)34-36(35,31-19-11-7-12-20-31)32-21-13-8-14-22-32/h6-14,16-26,33H,3-5,15H2,1-2H3,(H,34,35)/b29-16+. The van der Waals surface area contributed by atoms with E-state index >= 15 is 0 Å². The third-order valence-corrected chi connectivity index (χ3v) is 9.18. The van der Waals surface area contributed by atoms with Gasteiger partial charge < -0.3 is 0 Å². The van der Waals surface area contributed by atoms with Gasteiger partial charge in [-0.15, -0.1) is 0 Å². The number of hydrogen-bond acceptors (Lipinski definition) is 1. The van der Waals surface area contributed by atoms with Gasteiger partial charge in [0.05, 0.1) is 6.04 Å². The summed E-state index contributed by atoms with van der Waals surface area (Å²) in [7, 11) is -3.12. The van der Waals surface area contributed by atoms with Crippen LogP contribution in [0.1, 0.15) is 51.1 Å². The Balaban J connectivity index is 1.81. The van der Waals surface area contributed by atoms with Crippen LogP contribution >= 0.6 is 7.29 Å². The van der Waals surface area contributed by atoms with E-state index in [-0.39, 0.29) is 6.04 Å². The van der Waals surface area contributed by atoms with Crippen molar-refractivity contribution in [2.24, 2.45) is 0 Å². The number of hydrogen-bond donors (Lipinski definition) is 1. The highest BCUT2D eigenvalue weighted by atomic mass is 31.2. The number of allylic oxidation sites excluding steroid dienone is 1. The van der Waals surface area contributed by atoms with Crippen molar-refractivity contribution in [3.05, 3.63) is 132 Å². The Kier molecular flexibility index (Phi) is 9.11. The molecule has 0 aliphatic heterocycles. The molecular weight excluding hydrogens is 457 g/mol. The van der Waals surface area contributed by atoms with E-state index in [0.717, 1.165) is 41.9 Å². The average molecular weight is 494 g/mol. The fourth-order valence-electron chi connectivity index (χ4n) is 4.61. The lowest BCUT2D eigenvalue weighted by Crippen LogP contribution is -2.31. The first-order valence-electron chi connectivity index (χ1n) is 13.0. The van der Waals surface area contributed by atoms with Crippen molar-refractivity contribution in [2.45, 2.75) is 45.6 Å². The molecule has 2 nitrogen and oxygen atoms in total. The van der Waals surface area contributed by atoms with E-state index in [4.69, 9.17) is 0 Å². The van der Waals surface area contributed by atoms with Crippen molar-refractivity contribution in [3.63, 3.8) is 0 Å². The molecule has 0 aliphatic carbocycles. The van der Waals surface area contributed by atoms with Crippen LogP contribution in [0.2, 0.25) is 0 Å². The maximum Gasteiger partial charge on any atom is 0.205 e. The van der Waals surface area contributed by atoms with Gasteiger partial charge in [0, 0.05) is 10.6 Å². The molecule has 0 aromatic heterocycles. The quantitative estimate of drug-likeness (QED) is 0.168. The lowest BCUT2D eigenvalue weighted by molar-refractivity contribution is 0.568. The maximum atomic E-state index is 14.9. The van der Waals surface area contributed by atoms with Gasteiger partial charge in [0.15, 0.2) is 0 Å². The van der Waals surface area contributed by atoms with E-state index in [2.05, 4.69) is 73.5 Å². The predicted molar refractivity (Wildman–Crippen MR) is 155 cm³/mol. The van der Waals surface area contributed by atoms with Crippen LogP contribution in [0.3, 0.4) is 0 Å². The first-order valence-corrected chi connectivity index (χ1v) is 14.7. The highest BCUT2D eigenvalue weighted by Crippen LogP contribution is 2.44. The van der Waals surface area contributed by atoms with Crippen LogP contribution in [0.4, 0.5) is 0 Å². The van der Waals surface area contributed by atoms with Gasteiger partial charge in [-0.1, -0.05) is 129 Å². The third-order valence-electron chi connectivity index (χ3n) is 6.51. The van der Waals surface area contributed by atoms with Crippen molar-refractivity contribution in [1.29, 1.82) is 0 Å². The third kappa shape index (κ3) is 6.13. The molecule has 4 aromatic rings. The zero-order chi connectivity index (χ0) is 25.2. The van der Waals surface area contributed by atoms with Gasteiger partial charge in [-0.3, -0.25) is 4.57 Å². The molecule has 0 heterocycles. The summed E-state index contributed by atoms with van der Waals surface area (Å²) in [4.78, 5) is 0. The predicted octanol–water partition coefficient (Wildman–Crippen LogP) is 8.44. The molecule has 0 bridgehead atoms. The molecule has 0 saturated heterocycles. The highest BCUT2D eigenvalue weighted by Gasteiger charge is 2.32. The Hall–Kier alpha value is -3.19. The van der Waals surface area contributed by atoms with Gasteiger partial charge in [-0.25, -0.2) is 5.09 Å². The molecule has 0 spiro atoms. The summed E-state index contributed by atoms with van der Waals surface area (Å²) in [5.41, 5.74) is 4.82. The highest BCUT2D eigenvalue weighted by molar-refractivity contribution is 7.76. The molecule has 4 aromatic carbocycles. The van der Waals surface area contributed by atoms with E-state index in [9.17, 15) is 4.57 Å². The normalized spacial score (nSPS) is 12.9. The van der Waals surface area contributed by atoms with Crippen LogP contribution in [0.25, 0.3) is 11.1 Å². The van der Waals surface area contributed by atoms with E-state index in [1.807, 2.05) is 66.7 Å². The lowest BCUT2D eigenvalue weighted by atomic mass is 9.93. The van der Waals surface area contributed by atoms with E-state index in [1.165, 1.54) is 16.7 Å². The van der Waals surface area contributed by atoms with Gasteiger partial charge in [0.25, 0.3) is 0 Å². The molecule has 36 heavy (non-hydrogen) atoms. The number of benzene rings is 4. The van der Waals surface area contributed by atoms with Crippen molar-refractivity contribution < 1.29 is 4.57 Å². The monoisotopic (exact) mass is 493 g/mol. The summed E-state index contributed by atoms with van der Waals surface area (Å²) in [5, 5.41) is 5.37. The topological polar surface area (TPSA) is 29.1 Å². The minimum absolute atomic E-state index is 0.146. The van der Waals surface area contributed by atoms with Crippen LogP contribution in [0.15, 0.2) is 127 Å². The first-order chi connectivity index (χ1) is 17.7. The van der Waals surface area contributed by atoms with Gasteiger partial charge >= 0.3 is 0 Å². The molecule has 1 N–H and O–H groups in total. The SMILES string of the molecule is CCC/C=C(\CCC)C(NP(=O)(c1ccccc1)c1ccccc1)c1ccc(-c2ccccc2)cc1. The second kappa shape index (κ2) is 12.7. The first kappa shape index (κ1) is 25.9. The maximum absolute atomic E-state index is 14.9. The zero-order valence-electron chi connectivity index (χ0n) is 21.3. The Morgan fingerprint density at radius 3 is 1.69 bits per heavy atom. The van der Waals surface area contributed by atoms with E-state index < -0.39 is 7.29 Å². The second-order valence-corrected chi connectivity index (χ2v) is 11.7. The van der Waals surface area contributed by atoms with Crippen LogP contribution < -0.4 is 15.7 Å². The van der Waals surface area contributed by atoms with Crippen molar-refractivity contribution >= 4 is 17.9 Å². The molecule has 0 amide bonds. The Morgan fingerprint density at radius 1 is 0.694 bits per heavy atom. The molecule has 0 fully saturated rings. The molecule has 184 valence electrons. The van der Waals surface area contributed by atoms with Gasteiger partial charge in [-0.05, 0) is 53.8 Å². The van der Waals surface area contributed by atoms with Crippen molar-refractivity contribution in [1.82, 2.24) is 5.09 Å². The van der Waals surface area contributed by atoms with Gasteiger partial charge in [-0.2, -0.15) is 0 Å².